The van der Waals surface area contributed by atoms with Crippen molar-refractivity contribution in [1.29, 1.82) is 0 Å². The van der Waals surface area contributed by atoms with Crippen LogP contribution in [0.1, 0.15) is 159 Å². The van der Waals surface area contributed by atoms with Crippen molar-refractivity contribution < 1.29 is 0 Å². The number of aryl methyl sites for hydroxylation is 1. The van der Waals surface area contributed by atoms with E-state index in [-0.39, 0.29) is 5.41 Å². The zero-order valence-electron chi connectivity index (χ0n) is 46.9. The summed E-state index contributed by atoms with van der Waals surface area (Å²) in [5.74, 6) is 4.47. The molecule has 3 aromatic rings. The second kappa shape index (κ2) is 22.6. The standard InChI is InChI=1S/C75H88N2/c1-53-23-37-64(38-24-53)75(65-39-25-54(2)26-40-65)52-51-70-71(76(66-41-27-59(28-42-66)55-15-7-3-8-16-55)67-43-29-60(30-44-67)56-17-9-4-10-18-56)49-35-63-36-50-72(74(75)73(63)70)77(68-45-31-61(32-46-68)57-19-11-5-12-20-57)69-47-33-62(34-48-69)58-21-13-6-14-22-58/h3-7,9,11-13,15,17,19-20,23-27,31-33,37-39,41,45-47,58,60,63,65,67,70-74H,8,10,14,16,18,21-22,28-30,34-36,40,42-44,48-52H2,1-2H3. The van der Waals surface area contributed by atoms with Crippen LogP contribution in [-0.2, 0) is 5.41 Å². The molecule has 9 atom stereocenters. The predicted molar refractivity (Wildman–Crippen MR) is 325 cm³/mol. The first-order valence-corrected chi connectivity index (χ1v) is 31.3. The van der Waals surface area contributed by atoms with Crippen molar-refractivity contribution in [3.63, 3.8) is 0 Å². The van der Waals surface area contributed by atoms with Crippen LogP contribution in [-0.4, -0.2) is 23.0 Å². The number of benzene rings is 3. The van der Waals surface area contributed by atoms with Gasteiger partial charge in [0, 0.05) is 40.6 Å². The first-order valence-electron chi connectivity index (χ1n) is 31.3. The summed E-state index contributed by atoms with van der Waals surface area (Å²) in [5, 5.41) is 0. The minimum atomic E-state index is 0.00957. The lowest BCUT2D eigenvalue weighted by Gasteiger charge is -2.66. The molecule has 0 saturated heterocycles. The molecular formula is C75H88N2. The molecule has 0 N–H and O–H groups in total. The molecule has 0 radical (unpaired) electrons. The third-order valence-electron chi connectivity index (χ3n) is 21.8. The van der Waals surface area contributed by atoms with Crippen molar-refractivity contribution >= 4 is 5.69 Å². The second-order valence-electron chi connectivity index (χ2n) is 25.7. The maximum Gasteiger partial charge on any atom is 0.0411 e. The van der Waals surface area contributed by atoms with Gasteiger partial charge in [0.15, 0.2) is 0 Å². The highest BCUT2D eigenvalue weighted by molar-refractivity contribution is 5.68. The van der Waals surface area contributed by atoms with Gasteiger partial charge >= 0.3 is 0 Å². The van der Waals surface area contributed by atoms with E-state index in [0.29, 0.717) is 47.7 Å². The van der Waals surface area contributed by atoms with Gasteiger partial charge in [0.2, 0.25) is 0 Å². The van der Waals surface area contributed by atoms with E-state index in [0.717, 1.165) is 24.7 Å². The maximum absolute atomic E-state index is 3.22. The molecule has 398 valence electrons. The molecule has 13 rings (SSSR count). The van der Waals surface area contributed by atoms with Crippen molar-refractivity contribution in [2.75, 3.05) is 4.90 Å². The predicted octanol–water partition coefficient (Wildman–Crippen LogP) is 19.5. The van der Waals surface area contributed by atoms with E-state index in [1.807, 2.05) is 0 Å². The Morgan fingerprint density at radius 3 is 1.95 bits per heavy atom. The highest BCUT2D eigenvalue weighted by Gasteiger charge is 2.63. The van der Waals surface area contributed by atoms with Crippen LogP contribution in [0.25, 0.3) is 11.1 Å². The van der Waals surface area contributed by atoms with Gasteiger partial charge in [-0.05, 0) is 249 Å². The highest BCUT2D eigenvalue weighted by Crippen LogP contribution is 2.65. The Labute approximate surface area is 464 Å². The lowest BCUT2D eigenvalue weighted by atomic mass is 9.42. The van der Waals surface area contributed by atoms with Gasteiger partial charge in [-0.2, -0.15) is 0 Å². The normalized spacial score (nSPS) is 32.8. The Kier molecular flexibility index (Phi) is 15.0. The van der Waals surface area contributed by atoms with Crippen LogP contribution >= 0.6 is 0 Å². The fourth-order valence-electron chi connectivity index (χ4n) is 18.1. The second-order valence-corrected chi connectivity index (χ2v) is 25.7. The third kappa shape index (κ3) is 10.1. The van der Waals surface area contributed by atoms with E-state index >= 15 is 0 Å². The minimum Gasteiger partial charge on any atom is -0.369 e. The quantitative estimate of drug-likeness (QED) is 0.167. The van der Waals surface area contributed by atoms with Crippen LogP contribution in [0.5, 0.6) is 0 Å². The summed E-state index contributed by atoms with van der Waals surface area (Å²) < 4.78 is 0. The molecule has 2 heteroatoms. The average molecular weight is 1020 g/mol. The van der Waals surface area contributed by atoms with Crippen LogP contribution < -0.4 is 4.90 Å². The molecule has 0 amide bonds. The Morgan fingerprint density at radius 1 is 0.519 bits per heavy atom. The van der Waals surface area contributed by atoms with Gasteiger partial charge < -0.3 is 9.80 Å². The number of rotatable bonds is 12. The van der Waals surface area contributed by atoms with Gasteiger partial charge in [-0.25, -0.2) is 0 Å². The maximum atomic E-state index is 3.22. The van der Waals surface area contributed by atoms with E-state index in [1.165, 1.54) is 156 Å². The molecule has 0 aromatic heterocycles. The van der Waals surface area contributed by atoms with Crippen molar-refractivity contribution in [1.82, 2.24) is 4.90 Å². The molecule has 3 aromatic carbocycles. The van der Waals surface area contributed by atoms with Crippen LogP contribution in [0.2, 0.25) is 0 Å². The molecule has 9 unspecified atom stereocenters. The van der Waals surface area contributed by atoms with Crippen LogP contribution in [0.3, 0.4) is 0 Å². The number of hydrogen-bond donors (Lipinski definition) is 0. The zero-order valence-corrected chi connectivity index (χ0v) is 46.9. The van der Waals surface area contributed by atoms with Crippen LogP contribution in [0, 0.1) is 48.3 Å². The number of anilines is 1. The van der Waals surface area contributed by atoms with E-state index in [4.69, 9.17) is 0 Å². The Bertz CT molecular complexity index is 2950. The first-order chi connectivity index (χ1) is 38.0. The summed E-state index contributed by atoms with van der Waals surface area (Å²) in [6.07, 6.45) is 65.2. The fraction of sp³-hybridized carbons (Fsp3) is 0.467. The lowest BCUT2D eigenvalue weighted by Crippen LogP contribution is -2.66. The molecular weight excluding hydrogens is 929 g/mol. The van der Waals surface area contributed by atoms with Crippen LogP contribution in [0.4, 0.5) is 5.69 Å². The highest BCUT2D eigenvalue weighted by atomic mass is 15.2. The molecule has 0 spiro atoms. The first kappa shape index (κ1) is 50.9. The number of nitrogens with zero attached hydrogens (tertiary/aromatic N) is 2. The minimum absolute atomic E-state index is 0.00957. The van der Waals surface area contributed by atoms with Gasteiger partial charge in [0.05, 0.1) is 0 Å². The zero-order chi connectivity index (χ0) is 51.7. The van der Waals surface area contributed by atoms with E-state index in [9.17, 15) is 0 Å². The summed E-state index contributed by atoms with van der Waals surface area (Å²) in [6, 6.07) is 32.8. The van der Waals surface area contributed by atoms with Gasteiger partial charge in [0.25, 0.3) is 0 Å². The fourth-order valence-corrected chi connectivity index (χ4v) is 18.1. The Morgan fingerprint density at radius 2 is 1.26 bits per heavy atom. The summed E-state index contributed by atoms with van der Waals surface area (Å²) in [4.78, 5) is 6.24. The summed E-state index contributed by atoms with van der Waals surface area (Å²) in [5.41, 5.74) is 18.3. The van der Waals surface area contributed by atoms with Crippen molar-refractivity contribution in [2.45, 2.75) is 179 Å². The van der Waals surface area contributed by atoms with Crippen molar-refractivity contribution in [3.8, 4) is 11.1 Å². The molecule has 0 aliphatic heterocycles. The van der Waals surface area contributed by atoms with Gasteiger partial charge in [-0.15, -0.1) is 0 Å². The van der Waals surface area contributed by atoms with Gasteiger partial charge in [0.1, 0.15) is 0 Å². The Hall–Kier alpha value is -5.60. The topological polar surface area (TPSA) is 6.48 Å². The monoisotopic (exact) mass is 1020 g/mol. The van der Waals surface area contributed by atoms with E-state index < -0.39 is 0 Å². The SMILES string of the molecule is CC1=CCC(C2(c3ccc(C)cc3)CCC3C4C(CCC(N(C5=CC=C(C6CC=CCC6)CC5)c5ccc(-c6ccccc6)cc5)C42)CCC3N(C2=CC=C(C3=CC=CCC3)CC2)C2CCC(C3=CC=CCC3)CC2)C=C1. The Balaban J connectivity index is 0.944. The summed E-state index contributed by atoms with van der Waals surface area (Å²) in [7, 11) is 0. The average Bonchev–Trinajstić information content (AvgIpc) is 3.59. The number of allylic oxidation sites excluding steroid dienone is 22. The molecule has 77 heavy (non-hydrogen) atoms. The molecule has 4 fully saturated rings. The smallest absolute Gasteiger partial charge is 0.0411 e. The molecule has 10 aliphatic rings. The van der Waals surface area contributed by atoms with E-state index in [1.54, 1.807) is 39.2 Å². The van der Waals surface area contributed by atoms with Gasteiger partial charge in [-0.3, -0.25) is 0 Å². The molecule has 0 heterocycles. The lowest BCUT2D eigenvalue weighted by molar-refractivity contribution is -0.100. The third-order valence-corrected chi connectivity index (χ3v) is 21.8. The largest absolute Gasteiger partial charge is 0.369 e. The molecule has 2 nitrogen and oxygen atoms in total. The van der Waals surface area contributed by atoms with Gasteiger partial charge in [-0.1, -0.05) is 168 Å². The molecule has 0 bridgehead atoms. The van der Waals surface area contributed by atoms with Crippen molar-refractivity contribution in [3.05, 3.63) is 220 Å². The summed E-state index contributed by atoms with van der Waals surface area (Å²) in [6.45, 7) is 4.64. The van der Waals surface area contributed by atoms with Crippen molar-refractivity contribution in [2.24, 2.45) is 41.4 Å². The van der Waals surface area contributed by atoms with E-state index in [2.05, 4.69) is 194 Å². The van der Waals surface area contributed by atoms with Crippen LogP contribution in [0.15, 0.2) is 209 Å². The summed E-state index contributed by atoms with van der Waals surface area (Å²) >= 11 is 0. The number of hydrogen-bond acceptors (Lipinski definition) is 2. The molecule has 10 aliphatic carbocycles. The molecule has 4 saturated carbocycles.